The lowest BCUT2D eigenvalue weighted by molar-refractivity contribution is -0.117. The highest BCUT2D eigenvalue weighted by Gasteiger charge is 2.33. The first-order valence-corrected chi connectivity index (χ1v) is 10.8. The number of hydrogen-bond donors (Lipinski definition) is 2. The number of carbonyl (C=O) groups is 1. The number of aliphatic hydroxyl groups excluding tert-OH is 1. The summed E-state index contributed by atoms with van der Waals surface area (Å²) in [5.74, 6) is 0.648. The van der Waals surface area contributed by atoms with E-state index < -0.39 is 0 Å². The van der Waals surface area contributed by atoms with E-state index in [4.69, 9.17) is 4.98 Å². The van der Waals surface area contributed by atoms with Gasteiger partial charge in [-0.05, 0) is 30.5 Å². The van der Waals surface area contributed by atoms with Gasteiger partial charge in [-0.2, -0.15) is 0 Å². The smallest absolute Gasteiger partial charge is 0.227 e. The number of benzene rings is 2. The summed E-state index contributed by atoms with van der Waals surface area (Å²) >= 11 is 0. The topological polar surface area (TPSA) is 65.5 Å². The summed E-state index contributed by atoms with van der Waals surface area (Å²) in [4.78, 5) is 20.0. The van der Waals surface area contributed by atoms with Crippen LogP contribution in [0.5, 0.6) is 0 Å². The molecule has 5 nitrogen and oxygen atoms in total. The molecular weight excluding hydrogens is 374 g/mol. The highest BCUT2D eigenvalue weighted by atomic mass is 16.3. The summed E-state index contributed by atoms with van der Waals surface area (Å²) in [6, 6.07) is 20.5. The number of nitrogens with zero attached hydrogens (tertiary/aromatic N) is 2. The first kappa shape index (κ1) is 19.2. The third kappa shape index (κ3) is 3.95. The summed E-state index contributed by atoms with van der Waals surface area (Å²) in [7, 11) is 0. The van der Waals surface area contributed by atoms with Crippen LogP contribution in [-0.2, 0) is 4.79 Å². The quantitative estimate of drug-likeness (QED) is 0.634. The molecule has 1 saturated carbocycles. The number of aliphatic hydroxyl groups is 1. The minimum absolute atomic E-state index is 0.0463. The Balaban J connectivity index is 1.55. The lowest BCUT2D eigenvalue weighted by atomic mass is 9.90. The Hall–Kier alpha value is -2.76. The number of nitrogens with one attached hydrogen (secondary N) is 1. The molecule has 5 heteroatoms. The van der Waals surface area contributed by atoms with Crippen LogP contribution in [0, 0.1) is 11.8 Å². The fourth-order valence-electron chi connectivity index (χ4n) is 4.31. The number of amides is 1. The molecule has 0 radical (unpaired) electrons. The second-order valence-electron chi connectivity index (χ2n) is 8.61. The third-order valence-electron chi connectivity index (χ3n) is 6.22. The SMILES string of the molecule is O=C(Nc1cc2ccccc2nc1C(CN1CC(CO)C1)c1ccccc1)C1CC1. The summed E-state index contributed by atoms with van der Waals surface area (Å²) in [5, 5.41) is 13.6. The average molecular weight is 402 g/mol. The van der Waals surface area contributed by atoms with E-state index in [0.29, 0.717) is 5.92 Å². The summed E-state index contributed by atoms with van der Waals surface area (Å²) in [5.41, 5.74) is 3.87. The van der Waals surface area contributed by atoms with Crippen molar-refractivity contribution in [3.63, 3.8) is 0 Å². The van der Waals surface area contributed by atoms with E-state index in [1.54, 1.807) is 0 Å². The van der Waals surface area contributed by atoms with Crippen molar-refractivity contribution in [2.45, 2.75) is 18.8 Å². The Morgan fingerprint density at radius 2 is 1.83 bits per heavy atom. The van der Waals surface area contributed by atoms with Crippen LogP contribution in [0.15, 0.2) is 60.7 Å². The second kappa shape index (κ2) is 8.17. The maximum atomic E-state index is 12.6. The molecule has 2 fully saturated rings. The molecular formula is C25H27N3O2. The Bertz CT molecular complexity index is 1040. The van der Waals surface area contributed by atoms with E-state index in [-0.39, 0.29) is 24.3 Å². The van der Waals surface area contributed by atoms with Crippen molar-refractivity contribution in [3.8, 4) is 0 Å². The molecule has 1 saturated heterocycles. The minimum Gasteiger partial charge on any atom is -0.396 e. The number of fused-ring (bicyclic) bond motifs is 1. The summed E-state index contributed by atoms with van der Waals surface area (Å²) in [6.45, 7) is 2.86. The number of rotatable bonds is 7. The van der Waals surface area contributed by atoms with E-state index in [0.717, 1.165) is 54.8 Å². The Morgan fingerprint density at radius 3 is 2.57 bits per heavy atom. The highest BCUT2D eigenvalue weighted by Crippen LogP contribution is 2.36. The molecule has 30 heavy (non-hydrogen) atoms. The summed E-state index contributed by atoms with van der Waals surface area (Å²) < 4.78 is 0. The normalized spacial score (nSPS) is 18.2. The molecule has 1 aliphatic heterocycles. The molecule has 1 aromatic heterocycles. The van der Waals surface area contributed by atoms with E-state index in [2.05, 4.69) is 40.5 Å². The van der Waals surface area contributed by atoms with Gasteiger partial charge in [0, 0.05) is 49.4 Å². The maximum absolute atomic E-state index is 12.6. The van der Waals surface area contributed by atoms with Crippen LogP contribution < -0.4 is 5.32 Å². The van der Waals surface area contributed by atoms with Gasteiger partial charge in [-0.15, -0.1) is 0 Å². The van der Waals surface area contributed by atoms with Gasteiger partial charge in [0.05, 0.1) is 16.9 Å². The van der Waals surface area contributed by atoms with E-state index in [1.165, 1.54) is 5.56 Å². The molecule has 1 aliphatic carbocycles. The molecule has 1 unspecified atom stereocenters. The van der Waals surface area contributed by atoms with Crippen molar-refractivity contribution in [1.82, 2.24) is 9.88 Å². The first-order valence-electron chi connectivity index (χ1n) is 10.8. The van der Waals surface area contributed by atoms with Crippen LogP contribution in [0.3, 0.4) is 0 Å². The zero-order chi connectivity index (χ0) is 20.5. The van der Waals surface area contributed by atoms with Gasteiger partial charge >= 0.3 is 0 Å². The Labute approximate surface area is 176 Å². The average Bonchev–Trinajstić information content (AvgIpc) is 3.59. The van der Waals surface area contributed by atoms with Crippen molar-refractivity contribution in [3.05, 3.63) is 71.9 Å². The predicted octanol–water partition coefficient (Wildman–Crippen LogP) is 3.64. The number of carbonyl (C=O) groups excluding carboxylic acids is 1. The zero-order valence-electron chi connectivity index (χ0n) is 17.0. The molecule has 1 amide bonds. The Morgan fingerprint density at radius 1 is 1.10 bits per heavy atom. The molecule has 2 aliphatic rings. The standard InChI is InChI=1S/C25H27N3O2/c29-16-17-13-28(14-17)15-21(18-6-2-1-3-7-18)24-23(27-25(30)19-10-11-19)12-20-8-4-5-9-22(20)26-24/h1-9,12,17,19,21,29H,10-11,13-16H2,(H,27,30). The fraction of sp³-hybridized carbons (Fsp3) is 0.360. The summed E-state index contributed by atoms with van der Waals surface area (Å²) in [6.07, 6.45) is 1.95. The molecule has 0 spiro atoms. The number of anilines is 1. The first-order chi connectivity index (χ1) is 14.7. The highest BCUT2D eigenvalue weighted by molar-refractivity contribution is 5.96. The third-order valence-corrected chi connectivity index (χ3v) is 6.22. The van der Waals surface area contributed by atoms with Gasteiger partial charge in [-0.25, -0.2) is 4.98 Å². The zero-order valence-corrected chi connectivity index (χ0v) is 17.0. The molecule has 154 valence electrons. The molecule has 5 rings (SSSR count). The van der Waals surface area contributed by atoms with Crippen molar-refractivity contribution >= 4 is 22.5 Å². The molecule has 1 atom stereocenters. The molecule has 0 bridgehead atoms. The van der Waals surface area contributed by atoms with E-state index >= 15 is 0 Å². The van der Waals surface area contributed by atoms with E-state index in [9.17, 15) is 9.90 Å². The van der Waals surface area contributed by atoms with Crippen LogP contribution in [0.1, 0.15) is 30.0 Å². The van der Waals surface area contributed by atoms with Gasteiger partial charge < -0.3 is 15.3 Å². The number of para-hydroxylation sites is 1. The van der Waals surface area contributed by atoms with Gasteiger partial charge in [0.2, 0.25) is 5.91 Å². The number of likely N-dealkylation sites (tertiary alicyclic amines) is 1. The fourth-order valence-corrected chi connectivity index (χ4v) is 4.31. The Kier molecular flexibility index (Phi) is 5.23. The largest absolute Gasteiger partial charge is 0.396 e. The van der Waals surface area contributed by atoms with Crippen LogP contribution in [-0.4, -0.2) is 47.1 Å². The van der Waals surface area contributed by atoms with Crippen molar-refractivity contribution in [2.75, 3.05) is 31.6 Å². The lowest BCUT2D eigenvalue weighted by Gasteiger charge is -2.40. The van der Waals surface area contributed by atoms with E-state index in [1.807, 2.05) is 30.3 Å². The van der Waals surface area contributed by atoms with Crippen LogP contribution in [0.2, 0.25) is 0 Å². The number of pyridine rings is 1. The van der Waals surface area contributed by atoms with Gasteiger partial charge in [0.1, 0.15) is 0 Å². The molecule has 2 heterocycles. The van der Waals surface area contributed by atoms with Gasteiger partial charge in [0.25, 0.3) is 0 Å². The molecule has 2 N–H and O–H groups in total. The van der Waals surface area contributed by atoms with Crippen molar-refractivity contribution in [2.24, 2.45) is 11.8 Å². The van der Waals surface area contributed by atoms with Crippen LogP contribution in [0.25, 0.3) is 10.9 Å². The van der Waals surface area contributed by atoms with Gasteiger partial charge in [-0.1, -0.05) is 48.5 Å². The minimum atomic E-state index is 0.0463. The van der Waals surface area contributed by atoms with Gasteiger partial charge in [-0.3, -0.25) is 4.79 Å². The number of hydrogen-bond acceptors (Lipinski definition) is 4. The van der Waals surface area contributed by atoms with Gasteiger partial charge in [0.15, 0.2) is 0 Å². The monoisotopic (exact) mass is 401 g/mol. The molecule has 3 aromatic rings. The van der Waals surface area contributed by atoms with Crippen molar-refractivity contribution < 1.29 is 9.90 Å². The molecule has 2 aromatic carbocycles. The predicted molar refractivity (Wildman–Crippen MR) is 118 cm³/mol. The second-order valence-corrected chi connectivity index (χ2v) is 8.61. The lowest BCUT2D eigenvalue weighted by Crippen LogP contribution is -2.49. The van der Waals surface area contributed by atoms with Crippen molar-refractivity contribution in [1.29, 1.82) is 0 Å². The van der Waals surface area contributed by atoms with Crippen LogP contribution >= 0.6 is 0 Å². The van der Waals surface area contributed by atoms with Crippen LogP contribution in [0.4, 0.5) is 5.69 Å². The maximum Gasteiger partial charge on any atom is 0.227 e. The number of aromatic nitrogens is 1.